The summed E-state index contributed by atoms with van der Waals surface area (Å²) in [6, 6.07) is 6.51. The fraction of sp³-hybridized carbons (Fsp3) is 0.556. The monoisotopic (exact) mass is 411 g/mol. The van der Waals surface area contributed by atoms with Gasteiger partial charge in [-0.05, 0) is 44.9 Å². The number of hydrogen-bond acceptors (Lipinski definition) is 6. The van der Waals surface area contributed by atoms with Crippen molar-refractivity contribution in [2.75, 3.05) is 29.9 Å². The van der Waals surface area contributed by atoms with E-state index in [1.54, 1.807) is 6.07 Å². The van der Waals surface area contributed by atoms with Crippen molar-refractivity contribution in [3.05, 3.63) is 18.2 Å². The van der Waals surface area contributed by atoms with E-state index in [0.29, 0.717) is 24.5 Å². The fourth-order valence-electron chi connectivity index (χ4n) is 2.75. The van der Waals surface area contributed by atoms with Crippen LogP contribution in [0.5, 0.6) is 5.75 Å². The molecule has 9 heteroatoms. The van der Waals surface area contributed by atoms with E-state index in [4.69, 9.17) is 10.00 Å². The van der Waals surface area contributed by atoms with Gasteiger partial charge in [-0.2, -0.15) is 9.57 Å². The second kappa shape index (κ2) is 9.97. The van der Waals surface area contributed by atoms with Crippen LogP contribution in [0.2, 0.25) is 0 Å². The summed E-state index contributed by atoms with van der Waals surface area (Å²) < 4.78 is 33.0. The standard InChI is InChI=1S/C18H25N3O4S2/c1-14(2)25-17-7-6-15(27(23,24)21-9-4-3-5-10-21)12-16(17)20-18(22)13-26-11-8-19/h6-7,12,14H,3-5,9-11,13H2,1-2H3,(H,20,22). The molecule has 1 N–H and O–H groups in total. The molecule has 0 atom stereocenters. The zero-order chi connectivity index (χ0) is 19.9. The first-order valence-electron chi connectivity index (χ1n) is 8.90. The van der Waals surface area contributed by atoms with Gasteiger partial charge in [0.2, 0.25) is 15.9 Å². The fourth-order valence-corrected chi connectivity index (χ4v) is 4.75. The Hall–Kier alpha value is -1.76. The first-order valence-corrected chi connectivity index (χ1v) is 11.5. The van der Waals surface area contributed by atoms with E-state index in [1.165, 1.54) is 28.2 Å². The van der Waals surface area contributed by atoms with E-state index < -0.39 is 10.0 Å². The third-order valence-electron chi connectivity index (χ3n) is 3.94. The van der Waals surface area contributed by atoms with Gasteiger partial charge in [0, 0.05) is 13.1 Å². The lowest BCUT2D eigenvalue weighted by molar-refractivity contribution is -0.113. The minimum absolute atomic E-state index is 0.109. The van der Waals surface area contributed by atoms with E-state index in [9.17, 15) is 13.2 Å². The van der Waals surface area contributed by atoms with Crippen molar-refractivity contribution in [3.63, 3.8) is 0 Å². The number of nitrogens with zero attached hydrogens (tertiary/aromatic N) is 2. The number of carbonyl (C=O) groups excluding carboxylic acids is 1. The number of thioether (sulfide) groups is 1. The first kappa shape index (κ1) is 21.5. The Kier molecular flexibility index (Phi) is 7.95. The van der Waals surface area contributed by atoms with Crippen LogP contribution in [-0.2, 0) is 14.8 Å². The van der Waals surface area contributed by atoms with Crippen molar-refractivity contribution in [1.82, 2.24) is 4.31 Å². The molecule has 1 aromatic carbocycles. The molecule has 0 bridgehead atoms. The highest BCUT2D eigenvalue weighted by Gasteiger charge is 2.27. The van der Waals surface area contributed by atoms with Crippen molar-refractivity contribution >= 4 is 33.4 Å². The van der Waals surface area contributed by atoms with E-state index in [0.717, 1.165) is 19.3 Å². The number of hydrogen-bond donors (Lipinski definition) is 1. The number of sulfonamides is 1. The zero-order valence-corrected chi connectivity index (χ0v) is 17.2. The maximum Gasteiger partial charge on any atom is 0.243 e. The number of carbonyl (C=O) groups is 1. The Bertz CT molecular complexity index is 797. The molecular weight excluding hydrogens is 386 g/mol. The van der Waals surface area contributed by atoms with E-state index >= 15 is 0 Å². The Morgan fingerprint density at radius 1 is 1.33 bits per heavy atom. The van der Waals surface area contributed by atoms with Crippen LogP contribution in [0.3, 0.4) is 0 Å². The van der Waals surface area contributed by atoms with Gasteiger partial charge in [-0.1, -0.05) is 6.42 Å². The summed E-state index contributed by atoms with van der Waals surface area (Å²) in [5.74, 6) is 0.432. The molecule has 1 aliphatic heterocycles. The highest BCUT2D eigenvalue weighted by Crippen LogP contribution is 2.31. The summed E-state index contributed by atoms with van der Waals surface area (Å²) in [4.78, 5) is 12.3. The van der Waals surface area contributed by atoms with E-state index in [2.05, 4.69) is 5.32 Å². The summed E-state index contributed by atoms with van der Waals surface area (Å²) in [6.07, 6.45) is 2.62. The van der Waals surface area contributed by atoms with Crippen LogP contribution >= 0.6 is 11.8 Å². The van der Waals surface area contributed by atoms with Crippen LogP contribution in [0, 0.1) is 11.3 Å². The van der Waals surface area contributed by atoms with Gasteiger partial charge in [-0.25, -0.2) is 8.42 Å². The normalized spacial score (nSPS) is 15.3. The van der Waals surface area contributed by atoms with Crippen LogP contribution in [0.15, 0.2) is 23.1 Å². The maximum absolute atomic E-state index is 12.9. The van der Waals surface area contributed by atoms with Crippen LogP contribution < -0.4 is 10.1 Å². The Morgan fingerprint density at radius 3 is 2.67 bits per heavy atom. The number of anilines is 1. The highest BCUT2D eigenvalue weighted by molar-refractivity contribution is 8.00. The van der Waals surface area contributed by atoms with Crippen molar-refractivity contribution in [3.8, 4) is 11.8 Å². The van der Waals surface area contributed by atoms with Gasteiger partial charge in [0.05, 0.1) is 34.3 Å². The summed E-state index contributed by atoms with van der Waals surface area (Å²) in [5, 5.41) is 11.3. The molecule has 0 unspecified atom stereocenters. The SMILES string of the molecule is CC(C)Oc1ccc(S(=O)(=O)N2CCCCC2)cc1NC(=O)CSCC#N. The molecule has 0 radical (unpaired) electrons. The van der Waals surface area contributed by atoms with Crippen molar-refractivity contribution in [2.24, 2.45) is 0 Å². The summed E-state index contributed by atoms with van der Waals surface area (Å²) in [7, 11) is -3.61. The van der Waals surface area contributed by atoms with E-state index in [-0.39, 0.29) is 28.4 Å². The molecule has 2 rings (SSSR count). The van der Waals surface area contributed by atoms with Crippen LogP contribution in [0.25, 0.3) is 0 Å². The zero-order valence-electron chi connectivity index (χ0n) is 15.6. The Labute approximate surface area is 165 Å². The molecular formula is C18H25N3O4S2. The molecule has 0 spiro atoms. The molecule has 1 amide bonds. The van der Waals surface area contributed by atoms with Crippen molar-refractivity contribution < 1.29 is 17.9 Å². The van der Waals surface area contributed by atoms with Crippen LogP contribution in [0.1, 0.15) is 33.1 Å². The molecule has 1 fully saturated rings. The molecule has 27 heavy (non-hydrogen) atoms. The predicted octanol–water partition coefficient (Wildman–Crippen LogP) is 2.84. The predicted molar refractivity (Wildman–Crippen MR) is 106 cm³/mol. The van der Waals surface area contributed by atoms with Gasteiger partial charge >= 0.3 is 0 Å². The third kappa shape index (κ3) is 6.13. The second-order valence-corrected chi connectivity index (χ2v) is 9.41. The van der Waals surface area contributed by atoms with Crippen LogP contribution in [0.4, 0.5) is 5.69 Å². The van der Waals surface area contributed by atoms with Gasteiger partial charge in [-0.15, -0.1) is 11.8 Å². The topological polar surface area (TPSA) is 99.5 Å². The van der Waals surface area contributed by atoms with Gasteiger partial charge in [0.25, 0.3) is 0 Å². The largest absolute Gasteiger partial charge is 0.489 e. The minimum atomic E-state index is -3.61. The number of rotatable bonds is 8. The molecule has 1 saturated heterocycles. The second-order valence-electron chi connectivity index (χ2n) is 6.49. The maximum atomic E-state index is 12.9. The number of nitrogens with one attached hydrogen (secondary N) is 1. The van der Waals surface area contributed by atoms with Gasteiger partial charge in [0.15, 0.2) is 0 Å². The molecule has 7 nitrogen and oxygen atoms in total. The smallest absolute Gasteiger partial charge is 0.243 e. The van der Waals surface area contributed by atoms with Gasteiger partial charge < -0.3 is 10.1 Å². The molecule has 1 aromatic rings. The van der Waals surface area contributed by atoms with Crippen LogP contribution in [-0.4, -0.2) is 49.3 Å². The van der Waals surface area contributed by atoms with Crippen molar-refractivity contribution in [2.45, 2.75) is 44.1 Å². The quantitative estimate of drug-likeness (QED) is 0.660. The average molecular weight is 412 g/mol. The molecule has 148 valence electrons. The first-order chi connectivity index (χ1) is 12.8. The molecule has 0 saturated carbocycles. The van der Waals surface area contributed by atoms with Gasteiger partial charge in [0.1, 0.15) is 5.75 Å². The number of amides is 1. The molecule has 1 heterocycles. The van der Waals surface area contributed by atoms with Crippen molar-refractivity contribution in [1.29, 1.82) is 5.26 Å². The van der Waals surface area contributed by atoms with E-state index in [1.807, 2.05) is 19.9 Å². The average Bonchev–Trinajstić information content (AvgIpc) is 2.63. The minimum Gasteiger partial charge on any atom is -0.489 e. The number of piperidine rings is 1. The third-order valence-corrected chi connectivity index (χ3v) is 6.63. The summed E-state index contributed by atoms with van der Waals surface area (Å²) in [6.45, 7) is 4.73. The lowest BCUT2D eigenvalue weighted by Gasteiger charge is -2.26. The number of benzene rings is 1. The summed E-state index contributed by atoms with van der Waals surface area (Å²) in [5.41, 5.74) is 0.323. The molecule has 0 aliphatic carbocycles. The molecule has 0 aromatic heterocycles. The highest BCUT2D eigenvalue weighted by atomic mass is 32.2. The summed E-state index contributed by atoms with van der Waals surface area (Å²) >= 11 is 1.19. The number of nitriles is 1. The Balaban J connectivity index is 2.27. The lowest BCUT2D eigenvalue weighted by Crippen LogP contribution is -2.35. The molecule has 1 aliphatic rings. The number of ether oxygens (including phenoxy) is 1. The van der Waals surface area contributed by atoms with Gasteiger partial charge in [-0.3, -0.25) is 4.79 Å². The lowest BCUT2D eigenvalue weighted by atomic mass is 10.2. The Morgan fingerprint density at radius 2 is 2.04 bits per heavy atom.